The van der Waals surface area contributed by atoms with Crippen molar-refractivity contribution in [2.75, 3.05) is 11.0 Å². The molecule has 0 radical (unpaired) electrons. The first-order valence-electron chi connectivity index (χ1n) is 5.22. The molecule has 0 saturated heterocycles. The summed E-state index contributed by atoms with van der Waals surface area (Å²) >= 11 is 2.25. The number of esters is 1. The average molecular weight is 348 g/mol. The molecule has 0 bridgehead atoms. The predicted molar refractivity (Wildman–Crippen MR) is 71.8 cm³/mol. The monoisotopic (exact) mass is 348 g/mol. The van der Waals surface area contributed by atoms with Crippen LogP contribution in [0.25, 0.3) is 0 Å². The van der Waals surface area contributed by atoms with E-state index in [2.05, 4.69) is 22.6 Å². The lowest BCUT2D eigenvalue weighted by Crippen LogP contribution is -2.12. The van der Waals surface area contributed by atoms with Crippen molar-refractivity contribution in [3.63, 3.8) is 0 Å². The summed E-state index contributed by atoms with van der Waals surface area (Å²) in [5, 5.41) is 8.92. The second-order valence-electron chi connectivity index (χ2n) is 3.38. The lowest BCUT2D eigenvalue weighted by molar-refractivity contribution is 0.0490. The molecule has 0 amide bonds. The second-order valence-corrected chi connectivity index (χ2v) is 4.46. The van der Waals surface area contributed by atoms with E-state index in [1.807, 2.05) is 0 Å². The Morgan fingerprint density at radius 2 is 1.82 bits per heavy atom. The zero-order chi connectivity index (χ0) is 12.7. The summed E-state index contributed by atoms with van der Waals surface area (Å²) in [7, 11) is 0. The number of carboxylic acids is 1. The maximum atomic E-state index is 11.6. The summed E-state index contributed by atoms with van der Waals surface area (Å²) < 4.78 is 6.03. The Labute approximate surface area is 113 Å². The van der Waals surface area contributed by atoms with Gasteiger partial charge in [0.05, 0.1) is 17.7 Å². The maximum absolute atomic E-state index is 11.6. The Balaban J connectivity index is 2.65. The quantitative estimate of drug-likeness (QED) is 0.372. The number of carbonyl (C=O) groups is 2. The van der Waals surface area contributed by atoms with E-state index in [1.165, 1.54) is 12.1 Å². The first kappa shape index (κ1) is 14.0. The number of halogens is 1. The number of hydrogen-bond acceptors (Lipinski definition) is 3. The van der Waals surface area contributed by atoms with Crippen LogP contribution in [0.15, 0.2) is 24.3 Å². The molecule has 0 heterocycles. The van der Waals surface area contributed by atoms with Crippen molar-refractivity contribution in [1.82, 2.24) is 0 Å². The molecule has 1 aromatic rings. The molecule has 0 aliphatic rings. The number of unbranched alkanes of at least 4 members (excludes halogenated alkanes) is 1. The van der Waals surface area contributed by atoms with Crippen molar-refractivity contribution >= 4 is 34.5 Å². The number of carboxylic acid groups (broad SMARTS) is 1. The molecular formula is C12H13IO4. The molecule has 17 heavy (non-hydrogen) atoms. The maximum Gasteiger partial charge on any atom is 0.339 e. The first-order chi connectivity index (χ1) is 8.16. The largest absolute Gasteiger partial charge is 0.478 e. The van der Waals surface area contributed by atoms with Gasteiger partial charge in [-0.05, 0) is 29.4 Å². The van der Waals surface area contributed by atoms with Crippen LogP contribution in [0.1, 0.15) is 33.6 Å². The van der Waals surface area contributed by atoms with Gasteiger partial charge in [0.25, 0.3) is 0 Å². The molecule has 0 aliphatic carbocycles. The molecule has 0 fully saturated rings. The van der Waals surface area contributed by atoms with Crippen LogP contribution in [0, 0.1) is 0 Å². The van der Waals surface area contributed by atoms with Gasteiger partial charge in [-0.25, -0.2) is 9.59 Å². The van der Waals surface area contributed by atoms with Gasteiger partial charge in [0, 0.05) is 0 Å². The molecular weight excluding hydrogens is 335 g/mol. The van der Waals surface area contributed by atoms with E-state index < -0.39 is 11.9 Å². The van der Waals surface area contributed by atoms with Crippen molar-refractivity contribution in [3.05, 3.63) is 35.4 Å². The molecule has 0 aliphatic heterocycles. The fourth-order valence-electron chi connectivity index (χ4n) is 1.29. The summed E-state index contributed by atoms with van der Waals surface area (Å²) in [5.41, 5.74) is 0.0841. The number of hydrogen-bond donors (Lipinski definition) is 1. The van der Waals surface area contributed by atoms with Crippen LogP contribution >= 0.6 is 22.6 Å². The Morgan fingerprint density at radius 1 is 1.18 bits per heavy atom. The van der Waals surface area contributed by atoms with E-state index in [9.17, 15) is 9.59 Å². The lowest BCUT2D eigenvalue weighted by Gasteiger charge is -2.06. The van der Waals surface area contributed by atoms with Crippen LogP contribution < -0.4 is 0 Å². The molecule has 1 aromatic carbocycles. The number of alkyl halides is 1. The Morgan fingerprint density at radius 3 is 2.41 bits per heavy atom. The number of carbonyl (C=O) groups excluding carboxylic acids is 1. The normalized spacial score (nSPS) is 9.94. The molecule has 92 valence electrons. The van der Waals surface area contributed by atoms with Crippen molar-refractivity contribution in [3.8, 4) is 0 Å². The van der Waals surface area contributed by atoms with Crippen LogP contribution in [0.5, 0.6) is 0 Å². The summed E-state index contributed by atoms with van der Waals surface area (Å²) in [6.07, 6.45) is 1.78. The first-order valence-corrected chi connectivity index (χ1v) is 6.74. The van der Waals surface area contributed by atoms with E-state index in [4.69, 9.17) is 9.84 Å². The van der Waals surface area contributed by atoms with Crippen LogP contribution in [0.4, 0.5) is 0 Å². The van der Waals surface area contributed by atoms with E-state index in [0.29, 0.717) is 6.61 Å². The van der Waals surface area contributed by atoms with Crippen molar-refractivity contribution < 1.29 is 19.4 Å². The minimum Gasteiger partial charge on any atom is -0.478 e. The summed E-state index contributed by atoms with van der Waals surface area (Å²) in [6, 6.07) is 6.05. The lowest BCUT2D eigenvalue weighted by atomic mass is 10.1. The molecule has 1 rings (SSSR count). The molecule has 4 nitrogen and oxygen atoms in total. The summed E-state index contributed by atoms with van der Waals surface area (Å²) in [5.74, 6) is -1.69. The number of ether oxygens (including phenoxy) is 1. The molecule has 0 atom stereocenters. The van der Waals surface area contributed by atoms with Crippen LogP contribution in [-0.4, -0.2) is 28.1 Å². The van der Waals surface area contributed by atoms with Crippen molar-refractivity contribution in [1.29, 1.82) is 0 Å². The SMILES string of the molecule is O=C(O)c1ccccc1C(=O)OCCCCI. The standard InChI is InChI=1S/C12H13IO4/c13-7-3-4-8-17-12(16)10-6-2-1-5-9(10)11(14)15/h1-2,5-6H,3-4,7-8H2,(H,14,15). The van der Waals surface area contributed by atoms with Gasteiger partial charge in [-0.15, -0.1) is 0 Å². The summed E-state index contributed by atoms with van der Waals surface area (Å²) in [4.78, 5) is 22.5. The molecule has 1 N–H and O–H groups in total. The van der Waals surface area contributed by atoms with Crippen molar-refractivity contribution in [2.24, 2.45) is 0 Å². The van der Waals surface area contributed by atoms with Crippen molar-refractivity contribution in [2.45, 2.75) is 12.8 Å². The average Bonchev–Trinajstić information content (AvgIpc) is 2.34. The molecule has 5 heteroatoms. The highest BCUT2D eigenvalue weighted by Gasteiger charge is 2.16. The van der Waals surface area contributed by atoms with Gasteiger partial charge >= 0.3 is 11.9 Å². The van der Waals surface area contributed by atoms with Gasteiger partial charge in [0.15, 0.2) is 0 Å². The minimum atomic E-state index is -1.12. The van der Waals surface area contributed by atoms with E-state index in [1.54, 1.807) is 12.1 Å². The van der Waals surface area contributed by atoms with Gasteiger partial charge in [0.2, 0.25) is 0 Å². The Bertz CT molecular complexity index is 403. The minimum absolute atomic E-state index is 0.0219. The van der Waals surface area contributed by atoms with E-state index in [-0.39, 0.29) is 11.1 Å². The molecule has 0 unspecified atom stereocenters. The smallest absolute Gasteiger partial charge is 0.339 e. The zero-order valence-electron chi connectivity index (χ0n) is 9.19. The molecule has 0 aromatic heterocycles. The number of rotatable bonds is 6. The van der Waals surface area contributed by atoms with Crippen LogP contribution in [0.2, 0.25) is 0 Å². The highest BCUT2D eigenvalue weighted by atomic mass is 127. The van der Waals surface area contributed by atoms with E-state index >= 15 is 0 Å². The zero-order valence-corrected chi connectivity index (χ0v) is 11.3. The third kappa shape index (κ3) is 4.33. The van der Waals surface area contributed by atoms with Gasteiger partial charge in [-0.1, -0.05) is 34.7 Å². The second kappa shape index (κ2) is 7.26. The number of benzene rings is 1. The van der Waals surface area contributed by atoms with Gasteiger partial charge in [0.1, 0.15) is 0 Å². The van der Waals surface area contributed by atoms with Crippen LogP contribution in [-0.2, 0) is 4.74 Å². The summed E-state index contributed by atoms with van der Waals surface area (Å²) in [6.45, 7) is 0.329. The highest BCUT2D eigenvalue weighted by molar-refractivity contribution is 14.1. The van der Waals surface area contributed by atoms with Gasteiger partial charge in [-0.2, -0.15) is 0 Å². The third-order valence-electron chi connectivity index (χ3n) is 2.14. The predicted octanol–water partition coefficient (Wildman–Crippen LogP) is 2.76. The van der Waals surface area contributed by atoms with Crippen LogP contribution in [0.3, 0.4) is 0 Å². The fraction of sp³-hybridized carbons (Fsp3) is 0.333. The van der Waals surface area contributed by atoms with Gasteiger partial charge in [-0.3, -0.25) is 0 Å². The van der Waals surface area contributed by atoms with E-state index in [0.717, 1.165) is 17.3 Å². The topological polar surface area (TPSA) is 63.6 Å². The highest BCUT2D eigenvalue weighted by Crippen LogP contribution is 2.10. The molecule has 0 spiro atoms. The molecule has 0 saturated carbocycles. The Hall–Kier alpha value is -1.11. The van der Waals surface area contributed by atoms with Gasteiger partial charge < -0.3 is 9.84 Å². The number of aromatic carboxylic acids is 1. The Kier molecular flexibility index (Phi) is 5.96. The third-order valence-corrected chi connectivity index (χ3v) is 2.90. The fourth-order valence-corrected chi connectivity index (χ4v) is 1.83.